The van der Waals surface area contributed by atoms with E-state index >= 15 is 0 Å². The van der Waals surface area contributed by atoms with Crippen LogP contribution in [0.25, 0.3) is 11.0 Å². The smallest absolute Gasteiger partial charge is 0.321 e. The largest absolute Gasteiger partial charge is 0.458 e. The Morgan fingerprint density at radius 3 is 2.82 bits per heavy atom. The van der Waals surface area contributed by atoms with Gasteiger partial charge in [-0.25, -0.2) is 18.1 Å². The van der Waals surface area contributed by atoms with E-state index in [1.165, 1.54) is 27.9 Å². The number of nitrogens with one attached hydrogen (secondary N) is 1. The van der Waals surface area contributed by atoms with Crippen LogP contribution < -0.4 is 10.3 Å². The van der Waals surface area contributed by atoms with E-state index in [-0.39, 0.29) is 12.2 Å². The number of rotatable bonds is 7. The molecule has 0 aliphatic rings. The average molecular weight is 419 g/mol. The van der Waals surface area contributed by atoms with Gasteiger partial charge in [0.05, 0.1) is 5.69 Å². The molecule has 0 radical (unpaired) electrons. The maximum absolute atomic E-state index is 12.1. The van der Waals surface area contributed by atoms with Crippen LogP contribution in [0.2, 0.25) is 0 Å². The lowest BCUT2D eigenvalue weighted by molar-refractivity contribution is -0.143. The van der Waals surface area contributed by atoms with Gasteiger partial charge in [0.25, 0.3) is 5.56 Å². The van der Waals surface area contributed by atoms with Gasteiger partial charge in [-0.15, -0.1) is 11.3 Å². The van der Waals surface area contributed by atoms with E-state index in [1.807, 2.05) is 6.07 Å². The predicted octanol–water partition coefficient (Wildman–Crippen LogP) is 1.70. The molecule has 0 unspecified atom stereocenters. The van der Waals surface area contributed by atoms with Gasteiger partial charge in [-0.3, -0.25) is 14.0 Å². The first kappa shape index (κ1) is 19.9. The maximum atomic E-state index is 12.1. The van der Waals surface area contributed by atoms with Gasteiger partial charge >= 0.3 is 5.97 Å². The van der Waals surface area contributed by atoms with Gasteiger partial charge < -0.3 is 4.74 Å². The van der Waals surface area contributed by atoms with Crippen molar-refractivity contribution in [3.8, 4) is 0 Å². The third-order valence-corrected chi connectivity index (χ3v) is 5.65. The Kier molecular flexibility index (Phi) is 6.02. The minimum absolute atomic E-state index is 0.219. The molecule has 8 nitrogen and oxygen atoms in total. The summed E-state index contributed by atoms with van der Waals surface area (Å²) in [6, 6.07) is 10.2. The Balaban J connectivity index is 1.54. The van der Waals surface area contributed by atoms with Crippen molar-refractivity contribution in [1.29, 1.82) is 0 Å². The molecule has 0 bridgehead atoms. The second-order valence-electron chi connectivity index (χ2n) is 5.82. The molecule has 3 aromatic rings. The molecule has 0 saturated carbocycles. The van der Waals surface area contributed by atoms with Gasteiger partial charge in [0.15, 0.2) is 4.96 Å². The van der Waals surface area contributed by atoms with Crippen molar-refractivity contribution in [2.24, 2.45) is 0 Å². The van der Waals surface area contributed by atoms with Gasteiger partial charge in [0.1, 0.15) is 13.2 Å². The van der Waals surface area contributed by atoms with Gasteiger partial charge in [-0.2, -0.15) is 0 Å². The topological polar surface area (TPSA) is 107 Å². The second-order valence-corrected chi connectivity index (χ2v) is 8.31. The Bertz CT molecular complexity index is 1180. The zero-order valence-corrected chi connectivity index (χ0v) is 16.5. The molecular formula is C18H17N3O5S2. The van der Waals surface area contributed by atoms with Gasteiger partial charge in [-0.05, 0) is 18.6 Å². The van der Waals surface area contributed by atoms with E-state index in [0.717, 1.165) is 11.1 Å². The van der Waals surface area contributed by atoms with Crippen molar-refractivity contribution < 1.29 is 17.9 Å². The average Bonchev–Trinajstić information content (AvgIpc) is 3.05. The van der Waals surface area contributed by atoms with E-state index < -0.39 is 22.5 Å². The zero-order valence-electron chi connectivity index (χ0n) is 14.9. The number of carbonyl (C=O) groups excluding carboxylic acids is 1. The Labute approximate surface area is 165 Å². The van der Waals surface area contributed by atoms with Crippen LogP contribution in [0.5, 0.6) is 0 Å². The lowest BCUT2D eigenvalue weighted by atomic mass is 10.2. The van der Waals surface area contributed by atoms with Crippen LogP contribution in [0.4, 0.5) is 0 Å². The normalized spacial score (nSPS) is 11.9. The van der Waals surface area contributed by atoms with E-state index in [2.05, 4.69) is 9.71 Å². The molecule has 0 spiro atoms. The van der Waals surface area contributed by atoms with Crippen molar-refractivity contribution in [3.63, 3.8) is 0 Å². The highest BCUT2D eigenvalue weighted by molar-refractivity contribution is 7.92. The van der Waals surface area contributed by atoms with Crippen molar-refractivity contribution in [1.82, 2.24) is 14.1 Å². The summed E-state index contributed by atoms with van der Waals surface area (Å²) in [6.07, 6.45) is 1.42. The molecule has 0 fully saturated rings. The predicted molar refractivity (Wildman–Crippen MR) is 106 cm³/mol. The molecular weight excluding hydrogens is 402 g/mol. The number of fused-ring (bicyclic) bond motifs is 1. The summed E-state index contributed by atoms with van der Waals surface area (Å²) >= 11 is 1.31. The Hall–Kier alpha value is -2.82. The highest BCUT2D eigenvalue weighted by Gasteiger charge is 2.12. The highest BCUT2D eigenvalue weighted by atomic mass is 32.2. The number of hydrogen-bond donors (Lipinski definition) is 1. The number of sulfonamides is 1. The summed E-state index contributed by atoms with van der Waals surface area (Å²) in [7, 11) is -3.79. The van der Waals surface area contributed by atoms with E-state index in [9.17, 15) is 18.0 Å². The highest BCUT2D eigenvalue weighted by Crippen LogP contribution is 2.11. The summed E-state index contributed by atoms with van der Waals surface area (Å²) in [4.78, 5) is 28.6. The van der Waals surface area contributed by atoms with E-state index in [0.29, 0.717) is 16.2 Å². The van der Waals surface area contributed by atoms with Gasteiger partial charge in [0, 0.05) is 22.5 Å². The van der Waals surface area contributed by atoms with Crippen molar-refractivity contribution in [3.05, 3.63) is 74.5 Å². The number of nitrogens with zero attached hydrogens (tertiary/aromatic N) is 2. The van der Waals surface area contributed by atoms with Crippen LogP contribution in [-0.4, -0.2) is 30.3 Å². The number of carbonyl (C=O) groups is 1. The van der Waals surface area contributed by atoms with E-state index in [4.69, 9.17) is 4.74 Å². The number of benzene rings is 1. The van der Waals surface area contributed by atoms with Gasteiger partial charge in [0.2, 0.25) is 10.0 Å². The van der Waals surface area contributed by atoms with Crippen molar-refractivity contribution in [2.45, 2.75) is 13.5 Å². The molecule has 0 amide bonds. The molecule has 0 aliphatic heterocycles. The third kappa shape index (κ3) is 5.12. The zero-order chi connectivity index (χ0) is 20.1. The summed E-state index contributed by atoms with van der Waals surface area (Å²) in [5.41, 5.74) is 1.53. The molecule has 146 valence electrons. The fraction of sp³-hybridized carbons (Fsp3) is 0.167. The molecule has 0 atom stereocenters. The van der Waals surface area contributed by atoms with Crippen LogP contribution >= 0.6 is 11.3 Å². The SMILES string of the molecule is Cc1csc2nc(COC(=O)CNS(=O)(=O)/C=C/c3ccccc3)cc(=O)n12. The van der Waals surface area contributed by atoms with Gasteiger partial charge in [-0.1, -0.05) is 30.3 Å². The molecule has 0 saturated heterocycles. The minimum atomic E-state index is -3.79. The molecule has 28 heavy (non-hydrogen) atoms. The van der Waals surface area contributed by atoms with Crippen LogP contribution in [0, 0.1) is 6.92 Å². The monoisotopic (exact) mass is 419 g/mol. The first-order chi connectivity index (χ1) is 13.3. The fourth-order valence-electron chi connectivity index (χ4n) is 2.32. The molecule has 1 N–H and O–H groups in total. The van der Waals surface area contributed by atoms with E-state index in [1.54, 1.807) is 36.6 Å². The number of ether oxygens (including phenoxy) is 1. The standard InChI is InChI=1S/C18H17N3O5S2/c1-13-12-27-18-20-15(9-16(22)21(13)18)11-26-17(23)10-19-28(24,25)8-7-14-5-3-2-4-6-14/h2-9,12,19H,10-11H2,1H3/b8-7+. The summed E-state index contributed by atoms with van der Waals surface area (Å²) in [5.74, 6) is -0.777. The summed E-state index contributed by atoms with van der Waals surface area (Å²) < 4.78 is 32.4. The minimum Gasteiger partial charge on any atom is -0.458 e. The first-order valence-corrected chi connectivity index (χ1v) is 10.6. The molecule has 3 rings (SSSR count). The molecule has 1 aromatic carbocycles. The number of hydrogen-bond acceptors (Lipinski definition) is 7. The molecule has 0 aliphatic carbocycles. The van der Waals surface area contributed by atoms with Crippen LogP contribution in [0.1, 0.15) is 17.0 Å². The third-order valence-electron chi connectivity index (χ3n) is 3.67. The van der Waals surface area contributed by atoms with Crippen molar-refractivity contribution in [2.75, 3.05) is 6.54 Å². The molecule has 2 heterocycles. The molecule has 10 heteroatoms. The quantitative estimate of drug-likeness (QED) is 0.584. The summed E-state index contributed by atoms with van der Waals surface area (Å²) in [5, 5.41) is 2.78. The first-order valence-electron chi connectivity index (χ1n) is 8.19. The lowest BCUT2D eigenvalue weighted by Gasteiger charge is -2.05. The van der Waals surface area contributed by atoms with Crippen LogP contribution in [0.15, 0.2) is 52.0 Å². The Morgan fingerprint density at radius 1 is 1.32 bits per heavy atom. The number of thiazole rings is 1. The fourth-order valence-corrected chi connectivity index (χ4v) is 3.96. The number of aryl methyl sites for hydroxylation is 1. The van der Waals surface area contributed by atoms with Crippen molar-refractivity contribution >= 4 is 38.4 Å². The summed E-state index contributed by atoms with van der Waals surface area (Å²) in [6.45, 7) is 1.05. The second kappa shape index (κ2) is 8.46. The number of esters is 1. The maximum Gasteiger partial charge on any atom is 0.321 e. The Morgan fingerprint density at radius 2 is 2.07 bits per heavy atom. The number of aromatic nitrogens is 2. The lowest BCUT2D eigenvalue weighted by Crippen LogP contribution is -2.29. The van der Waals surface area contributed by atoms with Crippen LogP contribution in [0.3, 0.4) is 0 Å². The molecule has 2 aromatic heterocycles. The van der Waals surface area contributed by atoms with Crippen LogP contribution in [-0.2, 0) is 26.2 Å².